The van der Waals surface area contributed by atoms with E-state index in [2.05, 4.69) is 60.4 Å². The van der Waals surface area contributed by atoms with E-state index < -0.39 is 0 Å². The number of nitrogens with one attached hydrogen (secondary N) is 1. The molecule has 218 valence electrons. The van der Waals surface area contributed by atoms with Crippen LogP contribution in [0, 0.1) is 0 Å². The molecule has 1 saturated heterocycles. The molecule has 0 aliphatic carbocycles. The van der Waals surface area contributed by atoms with Crippen molar-refractivity contribution in [2.75, 3.05) is 6.61 Å². The fourth-order valence-electron chi connectivity index (χ4n) is 5.41. The molecule has 5 nitrogen and oxygen atoms in total. The molecule has 0 spiro atoms. The van der Waals surface area contributed by atoms with Crippen LogP contribution in [0.5, 0.6) is 0 Å². The molecule has 0 unspecified atom stereocenters. The van der Waals surface area contributed by atoms with E-state index in [4.69, 9.17) is 18.9 Å². The Kier molecular flexibility index (Phi) is 11.5. The van der Waals surface area contributed by atoms with Crippen LogP contribution in [-0.2, 0) is 45.4 Å². The summed E-state index contributed by atoms with van der Waals surface area (Å²) in [6.45, 7) is 6.52. The van der Waals surface area contributed by atoms with E-state index in [0.29, 0.717) is 39.5 Å². The highest BCUT2D eigenvalue weighted by molar-refractivity contribution is 5.17. The van der Waals surface area contributed by atoms with Gasteiger partial charge < -0.3 is 24.3 Å². The molecule has 0 amide bonds. The first-order valence-corrected chi connectivity index (χ1v) is 14.8. The van der Waals surface area contributed by atoms with E-state index in [1.54, 1.807) is 0 Å². The summed E-state index contributed by atoms with van der Waals surface area (Å²) in [6.07, 6.45) is 1.93. The van der Waals surface area contributed by atoms with Crippen LogP contribution in [0.1, 0.15) is 28.7 Å². The van der Waals surface area contributed by atoms with Crippen LogP contribution in [0.15, 0.2) is 134 Å². The van der Waals surface area contributed by atoms with Crippen LogP contribution in [0.3, 0.4) is 0 Å². The van der Waals surface area contributed by atoms with E-state index in [-0.39, 0.29) is 30.4 Å². The third kappa shape index (κ3) is 8.71. The van der Waals surface area contributed by atoms with Crippen LogP contribution in [0.25, 0.3) is 0 Å². The second-order valence-electron chi connectivity index (χ2n) is 10.7. The monoisotopic (exact) mass is 563 g/mol. The molecular formula is C37H41NO4. The lowest BCUT2D eigenvalue weighted by Crippen LogP contribution is -2.46. The molecule has 4 aromatic carbocycles. The maximum Gasteiger partial charge on any atom is 0.104 e. The first-order chi connectivity index (χ1) is 20.8. The minimum absolute atomic E-state index is 0.0872. The molecule has 42 heavy (non-hydrogen) atoms. The molecule has 0 aromatic heterocycles. The SMILES string of the molecule is C=CC[C@@H](OCc1ccccc1)[C@H]1N[C@H](COCc2ccccc2)[C@@H](OCc2ccccc2)[C@@H]1OCc1ccccc1. The highest BCUT2D eigenvalue weighted by Crippen LogP contribution is 2.29. The summed E-state index contributed by atoms with van der Waals surface area (Å²) in [4.78, 5) is 0. The number of hydrogen-bond donors (Lipinski definition) is 1. The Morgan fingerprint density at radius 2 is 1.05 bits per heavy atom. The zero-order chi connectivity index (χ0) is 28.8. The summed E-state index contributed by atoms with van der Waals surface area (Å²) < 4.78 is 26.2. The largest absolute Gasteiger partial charge is 0.375 e. The van der Waals surface area contributed by atoms with Gasteiger partial charge >= 0.3 is 0 Å². The summed E-state index contributed by atoms with van der Waals surface area (Å²) in [7, 11) is 0. The van der Waals surface area contributed by atoms with Gasteiger partial charge in [-0.3, -0.25) is 0 Å². The third-order valence-corrected chi connectivity index (χ3v) is 7.57. The van der Waals surface area contributed by atoms with E-state index >= 15 is 0 Å². The van der Waals surface area contributed by atoms with E-state index in [9.17, 15) is 0 Å². The average Bonchev–Trinajstić information content (AvgIpc) is 3.39. The van der Waals surface area contributed by atoms with E-state index in [1.807, 2.05) is 78.9 Å². The maximum absolute atomic E-state index is 6.72. The lowest BCUT2D eigenvalue weighted by Gasteiger charge is -2.30. The molecule has 1 heterocycles. The normalized spacial score (nSPS) is 20.8. The number of rotatable bonds is 16. The van der Waals surface area contributed by atoms with Crippen LogP contribution >= 0.6 is 0 Å². The number of hydrogen-bond acceptors (Lipinski definition) is 5. The number of benzene rings is 4. The van der Waals surface area contributed by atoms with Gasteiger partial charge in [0, 0.05) is 0 Å². The maximum atomic E-state index is 6.72. The summed E-state index contributed by atoms with van der Waals surface area (Å²) in [5, 5.41) is 3.82. The van der Waals surface area contributed by atoms with Crippen molar-refractivity contribution in [1.29, 1.82) is 0 Å². The Hall–Kier alpha value is -3.58. The lowest BCUT2D eigenvalue weighted by atomic mass is 10.0. The van der Waals surface area contributed by atoms with Gasteiger partial charge in [-0.25, -0.2) is 0 Å². The van der Waals surface area contributed by atoms with Crippen molar-refractivity contribution in [2.45, 2.75) is 63.2 Å². The molecule has 0 radical (unpaired) electrons. The van der Waals surface area contributed by atoms with E-state index in [0.717, 1.165) is 22.3 Å². The van der Waals surface area contributed by atoms with Crippen molar-refractivity contribution in [1.82, 2.24) is 5.32 Å². The van der Waals surface area contributed by atoms with Crippen molar-refractivity contribution in [3.8, 4) is 0 Å². The molecule has 1 N–H and O–H groups in total. The van der Waals surface area contributed by atoms with E-state index in [1.165, 1.54) is 0 Å². The van der Waals surface area contributed by atoms with Gasteiger partial charge in [0.25, 0.3) is 0 Å². The fourth-order valence-corrected chi connectivity index (χ4v) is 5.41. The second-order valence-corrected chi connectivity index (χ2v) is 10.7. The Bertz CT molecular complexity index is 1300. The van der Waals surface area contributed by atoms with Crippen LogP contribution in [0.4, 0.5) is 0 Å². The van der Waals surface area contributed by atoms with Crippen molar-refractivity contribution in [3.05, 3.63) is 156 Å². The quantitative estimate of drug-likeness (QED) is 0.151. The van der Waals surface area contributed by atoms with Crippen molar-refractivity contribution in [3.63, 3.8) is 0 Å². The molecule has 1 fully saturated rings. The molecular weight excluding hydrogens is 522 g/mol. The molecule has 0 bridgehead atoms. The molecule has 1 aliphatic rings. The molecule has 0 saturated carbocycles. The summed E-state index contributed by atoms with van der Waals surface area (Å²) in [5.41, 5.74) is 4.51. The predicted octanol–water partition coefficient (Wildman–Crippen LogP) is 6.88. The van der Waals surface area contributed by atoms with Crippen molar-refractivity contribution >= 4 is 0 Å². The minimum atomic E-state index is -0.264. The first-order valence-electron chi connectivity index (χ1n) is 14.8. The predicted molar refractivity (Wildman–Crippen MR) is 167 cm³/mol. The Morgan fingerprint density at radius 1 is 0.595 bits per heavy atom. The Balaban J connectivity index is 1.37. The molecule has 1 aliphatic heterocycles. The zero-order valence-electron chi connectivity index (χ0n) is 24.1. The van der Waals surface area contributed by atoms with Crippen molar-refractivity contribution < 1.29 is 18.9 Å². The Labute approximate surface area is 250 Å². The minimum Gasteiger partial charge on any atom is -0.375 e. The third-order valence-electron chi connectivity index (χ3n) is 7.57. The zero-order valence-corrected chi connectivity index (χ0v) is 24.1. The summed E-state index contributed by atoms with van der Waals surface area (Å²) in [6, 6.07) is 40.8. The first kappa shape index (κ1) is 29.9. The second kappa shape index (κ2) is 16.2. The van der Waals surface area contributed by atoms with Gasteiger partial charge in [-0.05, 0) is 28.7 Å². The highest BCUT2D eigenvalue weighted by Gasteiger charge is 2.48. The van der Waals surface area contributed by atoms with Gasteiger partial charge in [-0.15, -0.1) is 6.58 Å². The van der Waals surface area contributed by atoms with Crippen molar-refractivity contribution in [2.24, 2.45) is 0 Å². The summed E-state index contributed by atoms with van der Waals surface area (Å²) in [5.74, 6) is 0. The lowest BCUT2D eigenvalue weighted by molar-refractivity contribution is -0.102. The summed E-state index contributed by atoms with van der Waals surface area (Å²) >= 11 is 0. The van der Waals surface area contributed by atoms with Gasteiger partial charge in [-0.2, -0.15) is 0 Å². The molecule has 5 heteroatoms. The Morgan fingerprint density at radius 3 is 1.55 bits per heavy atom. The van der Waals surface area contributed by atoms with Gasteiger partial charge in [-0.1, -0.05) is 127 Å². The number of ether oxygens (including phenoxy) is 4. The smallest absolute Gasteiger partial charge is 0.104 e. The molecule has 5 rings (SSSR count). The van der Waals surface area contributed by atoms with Gasteiger partial charge in [0.15, 0.2) is 0 Å². The highest BCUT2D eigenvalue weighted by atomic mass is 16.6. The van der Waals surface area contributed by atoms with Gasteiger partial charge in [0.2, 0.25) is 0 Å². The molecule has 4 aromatic rings. The molecule has 5 atom stereocenters. The van der Waals surface area contributed by atoms with Gasteiger partial charge in [0.05, 0.1) is 51.2 Å². The van der Waals surface area contributed by atoms with Crippen LogP contribution < -0.4 is 5.32 Å². The fraction of sp³-hybridized carbons (Fsp3) is 0.297. The topological polar surface area (TPSA) is 49.0 Å². The standard InChI is InChI=1S/C37H41NO4/c1-2-15-34(40-25-30-18-9-4-10-19-30)35-37(42-27-32-22-13-6-14-23-32)36(41-26-31-20-11-5-12-21-31)33(38-35)28-39-24-29-16-7-3-8-17-29/h2-14,16-23,33-38H,1,15,24-28H2/t33-,34-,35-,36-,37-/m1/s1. The van der Waals surface area contributed by atoms with Crippen LogP contribution in [-0.4, -0.2) is 37.0 Å². The average molecular weight is 564 g/mol. The van der Waals surface area contributed by atoms with Crippen LogP contribution in [0.2, 0.25) is 0 Å². The van der Waals surface area contributed by atoms with Gasteiger partial charge in [0.1, 0.15) is 12.2 Å².